The molecular weight excluding hydrogens is 459 g/mol. The van der Waals surface area contributed by atoms with Crippen molar-refractivity contribution in [2.75, 3.05) is 24.6 Å². The number of rotatable bonds is 4. The van der Waals surface area contributed by atoms with E-state index in [9.17, 15) is 9.18 Å². The van der Waals surface area contributed by atoms with Crippen LogP contribution in [0.15, 0.2) is 47.7 Å². The van der Waals surface area contributed by atoms with E-state index in [2.05, 4.69) is 21.3 Å². The van der Waals surface area contributed by atoms with Crippen molar-refractivity contribution in [1.29, 1.82) is 0 Å². The summed E-state index contributed by atoms with van der Waals surface area (Å²) in [6.45, 7) is 1.64. The molecule has 1 saturated carbocycles. The van der Waals surface area contributed by atoms with Gasteiger partial charge in [0.1, 0.15) is 17.7 Å². The summed E-state index contributed by atoms with van der Waals surface area (Å²) in [4.78, 5) is 19.8. The first-order chi connectivity index (χ1) is 16.5. The second-order valence-corrected chi connectivity index (χ2v) is 9.21. The van der Waals surface area contributed by atoms with Crippen LogP contribution in [0.4, 0.5) is 10.2 Å². The highest BCUT2D eigenvalue weighted by Gasteiger charge is 2.29. The zero-order chi connectivity index (χ0) is 23.4. The van der Waals surface area contributed by atoms with E-state index < -0.39 is 5.82 Å². The molecule has 174 valence electrons. The molecule has 2 aliphatic rings. The molecule has 3 aromatic heterocycles. The molecule has 0 bridgehead atoms. The molecule has 6 rings (SSSR count). The number of nitrogens with zero attached hydrogens (tertiary/aromatic N) is 6. The van der Waals surface area contributed by atoms with Gasteiger partial charge in [-0.15, -0.1) is 0 Å². The predicted molar refractivity (Wildman–Crippen MR) is 127 cm³/mol. The molecule has 0 spiro atoms. The number of benzene rings is 1. The lowest BCUT2D eigenvalue weighted by Crippen LogP contribution is -2.39. The zero-order valence-corrected chi connectivity index (χ0v) is 19.2. The van der Waals surface area contributed by atoms with Crippen LogP contribution in [0.1, 0.15) is 30.6 Å². The fraction of sp³-hybridized carbons (Fsp3) is 0.333. The lowest BCUT2D eigenvalue weighted by molar-refractivity contribution is 0.0395. The molecule has 0 radical (unpaired) electrons. The van der Waals surface area contributed by atoms with Crippen molar-refractivity contribution < 1.29 is 9.13 Å². The highest BCUT2D eigenvalue weighted by molar-refractivity contribution is 6.30. The highest BCUT2D eigenvalue weighted by atomic mass is 35.5. The molecule has 1 aromatic carbocycles. The van der Waals surface area contributed by atoms with Crippen LogP contribution < -0.4 is 10.5 Å². The van der Waals surface area contributed by atoms with Gasteiger partial charge in [-0.25, -0.2) is 14.1 Å². The molecule has 2 fully saturated rings. The van der Waals surface area contributed by atoms with E-state index in [4.69, 9.17) is 21.3 Å². The van der Waals surface area contributed by atoms with Gasteiger partial charge in [-0.2, -0.15) is 10.2 Å². The maximum atomic E-state index is 14.9. The number of hydrogen-bond acceptors (Lipinski definition) is 6. The van der Waals surface area contributed by atoms with Crippen LogP contribution in [0.3, 0.4) is 0 Å². The predicted octanol–water partition coefficient (Wildman–Crippen LogP) is 3.90. The molecule has 1 unspecified atom stereocenters. The molecule has 0 N–H and O–H groups in total. The van der Waals surface area contributed by atoms with Crippen LogP contribution in [-0.4, -0.2) is 44.2 Å². The van der Waals surface area contributed by atoms with Gasteiger partial charge in [-0.05, 0) is 37.1 Å². The van der Waals surface area contributed by atoms with Gasteiger partial charge in [0.05, 0.1) is 36.1 Å². The van der Waals surface area contributed by atoms with Crippen LogP contribution in [0.2, 0.25) is 5.02 Å². The molecular formula is C24H22ClFN6O2. The molecule has 1 aliphatic carbocycles. The number of halogens is 2. The number of aryl methyl sites for hydroxylation is 1. The van der Waals surface area contributed by atoms with Crippen molar-refractivity contribution in [2.45, 2.75) is 25.0 Å². The first-order valence-electron chi connectivity index (χ1n) is 11.2. The quantitative estimate of drug-likeness (QED) is 0.441. The van der Waals surface area contributed by atoms with Crippen molar-refractivity contribution in [3.63, 3.8) is 0 Å². The number of morpholine rings is 1. The van der Waals surface area contributed by atoms with Gasteiger partial charge in [0.2, 0.25) is 0 Å². The number of pyridine rings is 1. The number of fused-ring (bicyclic) bond motifs is 1. The van der Waals surface area contributed by atoms with Crippen LogP contribution in [0.5, 0.6) is 0 Å². The Morgan fingerprint density at radius 2 is 2.00 bits per heavy atom. The van der Waals surface area contributed by atoms with Gasteiger partial charge < -0.3 is 9.64 Å². The average Bonchev–Trinajstić information content (AvgIpc) is 3.57. The molecule has 10 heteroatoms. The zero-order valence-electron chi connectivity index (χ0n) is 18.5. The summed E-state index contributed by atoms with van der Waals surface area (Å²) in [5, 5.41) is 9.82. The van der Waals surface area contributed by atoms with Crippen molar-refractivity contribution in [3.05, 3.63) is 69.6 Å². The van der Waals surface area contributed by atoms with Crippen LogP contribution in [0, 0.1) is 5.82 Å². The summed E-state index contributed by atoms with van der Waals surface area (Å²) in [5.41, 5.74) is 1.37. The molecule has 34 heavy (non-hydrogen) atoms. The molecule has 8 nitrogen and oxygen atoms in total. The first-order valence-corrected chi connectivity index (χ1v) is 11.6. The smallest absolute Gasteiger partial charge is 0.274 e. The standard InChI is InChI=1S/C24H22ClFN6O2/c1-30-24(33)18-9-22(29-23(19(18)11-27-30)17-5-2-15(25)8-20(17)26)31-6-7-34-21(13-31)14-10-28-32(12-14)16-3-4-16/h2,5,8-12,16,21H,3-4,6-7,13H2,1H3. The molecule has 4 heterocycles. The van der Waals surface area contributed by atoms with E-state index in [-0.39, 0.29) is 17.2 Å². The Morgan fingerprint density at radius 1 is 1.15 bits per heavy atom. The minimum absolute atomic E-state index is 0.172. The Balaban J connectivity index is 1.43. The second-order valence-electron chi connectivity index (χ2n) is 8.78. The van der Waals surface area contributed by atoms with Crippen molar-refractivity contribution >= 4 is 28.2 Å². The van der Waals surface area contributed by atoms with E-state index >= 15 is 0 Å². The minimum atomic E-state index is -0.508. The first kappa shape index (κ1) is 21.2. The van der Waals surface area contributed by atoms with Gasteiger partial charge in [0.15, 0.2) is 0 Å². The van der Waals surface area contributed by atoms with Crippen molar-refractivity contribution in [3.8, 4) is 11.3 Å². The number of hydrogen-bond donors (Lipinski definition) is 0. The summed E-state index contributed by atoms with van der Waals surface area (Å²) in [5.74, 6) is 0.0782. The fourth-order valence-electron chi connectivity index (χ4n) is 4.39. The van der Waals surface area contributed by atoms with E-state index in [1.165, 1.54) is 10.7 Å². The highest BCUT2D eigenvalue weighted by Crippen LogP contribution is 2.36. The summed E-state index contributed by atoms with van der Waals surface area (Å²) >= 11 is 5.97. The number of aromatic nitrogens is 5. The van der Waals surface area contributed by atoms with Crippen molar-refractivity contribution in [2.24, 2.45) is 7.05 Å². The third-order valence-electron chi connectivity index (χ3n) is 6.42. The van der Waals surface area contributed by atoms with E-state index in [0.29, 0.717) is 53.0 Å². The fourth-order valence-corrected chi connectivity index (χ4v) is 4.54. The SMILES string of the molecule is Cn1ncc2c(-c3ccc(Cl)cc3F)nc(N3CCOC(c4cnn(C5CC5)c4)C3)cc2c1=O. The van der Waals surface area contributed by atoms with Crippen LogP contribution in [0.25, 0.3) is 22.0 Å². The summed E-state index contributed by atoms with van der Waals surface area (Å²) < 4.78 is 24.2. The molecule has 1 saturated heterocycles. The Hall–Kier alpha value is -3.30. The third kappa shape index (κ3) is 3.74. The Morgan fingerprint density at radius 3 is 2.79 bits per heavy atom. The third-order valence-corrected chi connectivity index (χ3v) is 6.66. The van der Waals surface area contributed by atoms with E-state index in [0.717, 1.165) is 18.4 Å². The molecule has 0 amide bonds. The van der Waals surface area contributed by atoms with Gasteiger partial charge in [0, 0.05) is 47.9 Å². The molecule has 1 atom stereocenters. The number of anilines is 1. The molecule has 1 aliphatic heterocycles. The van der Waals surface area contributed by atoms with E-state index in [1.807, 2.05) is 10.9 Å². The largest absolute Gasteiger partial charge is 0.370 e. The topological polar surface area (TPSA) is 78.1 Å². The van der Waals surface area contributed by atoms with Gasteiger partial charge in [-0.3, -0.25) is 9.48 Å². The van der Waals surface area contributed by atoms with E-state index in [1.54, 1.807) is 31.4 Å². The Kier molecular flexibility index (Phi) is 5.11. The average molecular weight is 481 g/mol. The molecule has 4 aromatic rings. The summed E-state index contributed by atoms with van der Waals surface area (Å²) in [6, 6.07) is 6.68. The lowest BCUT2D eigenvalue weighted by atomic mass is 10.0. The van der Waals surface area contributed by atoms with Gasteiger partial charge in [0.25, 0.3) is 5.56 Å². The maximum absolute atomic E-state index is 14.9. The van der Waals surface area contributed by atoms with Gasteiger partial charge >= 0.3 is 0 Å². The summed E-state index contributed by atoms with van der Waals surface area (Å²) in [6.07, 6.45) is 7.60. The Bertz CT molecular complexity index is 1460. The number of ether oxygens (including phenoxy) is 1. The van der Waals surface area contributed by atoms with Crippen molar-refractivity contribution in [1.82, 2.24) is 24.5 Å². The maximum Gasteiger partial charge on any atom is 0.274 e. The lowest BCUT2D eigenvalue weighted by Gasteiger charge is -2.33. The van der Waals surface area contributed by atoms with Gasteiger partial charge in [-0.1, -0.05) is 11.6 Å². The van der Waals surface area contributed by atoms with Crippen LogP contribution in [-0.2, 0) is 11.8 Å². The summed E-state index contributed by atoms with van der Waals surface area (Å²) in [7, 11) is 1.59. The normalized spacial score (nSPS) is 18.6. The minimum Gasteiger partial charge on any atom is -0.370 e. The second kappa shape index (κ2) is 8.18. The monoisotopic (exact) mass is 480 g/mol. The Labute approximate surface area is 199 Å². The van der Waals surface area contributed by atoms with Crippen LogP contribution >= 0.6 is 11.6 Å².